The number of ether oxygens (including phenoxy) is 2. The molecule has 0 fully saturated rings. The molecule has 0 saturated heterocycles. The van der Waals surface area contributed by atoms with Crippen LogP contribution < -0.4 is 25.8 Å². The van der Waals surface area contributed by atoms with Gasteiger partial charge in [0.25, 0.3) is 5.91 Å². The van der Waals surface area contributed by atoms with E-state index in [1.807, 2.05) is 6.07 Å². The Bertz CT molecular complexity index is 1200. The molecule has 4 N–H and O–H groups in total. The summed E-state index contributed by atoms with van der Waals surface area (Å²) < 4.78 is 12.5. The predicted molar refractivity (Wildman–Crippen MR) is 105 cm³/mol. The first kappa shape index (κ1) is 17.1. The lowest BCUT2D eigenvalue weighted by Crippen LogP contribution is -2.32. The monoisotopic (exact) mass is 391 g/mol. The van der Waals surface area contributed by atoms with Crippen LogP contribution in [0.25, 0.3) is 16.9 Å². The van der Waals surface area contributed by atoms with Gasteiger partial charge in [0.2, 0.25) is 12.7 Å². The van der Waals surface area contributed by atoms with Gasteiger partial charge in [0.15, 0.2) is 17.2 Å². The van der Waals surface area contributed by atoms with Crippen LogP contribution in [-0.4, -0.2) is 28.4 Å². The third-order valence-corrected chi connectivity index (χ3v) is 5.08. The van der Waals surface area contributed by atoms with Crippen LogP contribution in [0.15, 0.2) is 36.4 Å². The lowest BCUT2D eigenvalue weighted by Gasteiger charge is -2.29. The molecule has 0 atom stereocenters. The molecule has 2 aliphatic rings. The van der Waals surface area contributed by atoms with Crippen LogP contribution in [0.3, 0.4) is 0 Å². The van der Waals surface area contributed by atoms with Crippen LogP contribution in [0.4, 0.5) is 11.4 Å². The number of hydrogen-bond donors (Lipinski definition) is 2. The van der Waals surface area contributed by atoms with Crippen LogP contribution in [0.1, 0.15) is 23.0 Å². The van der Waals surface area contributed by atoms with Crippen molar-refractivity contribution in [2.75, 3.05) is 17.4 Å². The molecule has 3 heterocycles. The standard InChI is InChI=1S/C20H17N5O4/c1-10(26)24-8-14-18(20(22)27)23-25(12-3-5-16-17(7-12)29-9-28-16)19(14)13-6-11(21)2-4-15(13)24/h2-7H,8-9,21H2,1H3,(H2,22,27). The first-order chi connectivity index (χ1) is 13.9. The van der Waals surface area contributed by atoms with E-state index < -0.39 is 5.91 Å². The molecule has 2 aliphatic heterocycles. The Labute approximate surface area is 165 Å². The van der Waals surface area contributed by atoms with E-state index in [0.29, 0.717) is 45.4 Å². The van der Waals surface area contributed by atoms with E-state index in [0.717, 1.165) is 0 Å². The molecule has 2 amide bonds. The van der Waals surface area contributed by atoms with E-state index in [4.69, 9.17) is 20.9 Å². The number of hydrogen-bond acceptors (Lipinski definition) is 6. The zero-order valence-corrected chi connectivity index (χ0v) is 15.5. The number of nitrogen functional groups attached to an aromatic ring is 1. The zero-order valence-electron chi connectivity index (χ0n) is 15.5. The van der Waals surface area contributed by atoms with E-state index in [-0.39, 0.29) is 24.9 Å². The van der Waals surface area contributed by atoms with E-state index >= 15 is 0 Å². The highest BCUT2D eigenvalue weighted by Gasteiger charge is 2.33. The molecule has 0 aliphatic carbocycles. The highest BCUT2D eigenvalue weighted by molar-refractivity contribution is 6.02. The molecular weight excluding hydrogens is 374 g/mol. The van der Waals surface area contributed by atoms with Crippen molar-refractivity contribution in [1.29, 1.82) is 0 Å². The summed E-state index contributed by atoms with van der Waals surface area (Å²) in [7, 11) is 0. The number of aromatic nitrogens is 2. The molecule has 0 spiro atoms. The van der Waals surface area contributed by atoms with Gasteiger partial charge in [-0.3, -0.25) is 9.59 Å². The van der Waals surface area contributed by atoms with Gasteiger partial charge in [0.1, 0.15) is 0 Å². The third kappa shape index (κ3) is 2.51. The molecular formula is C20H17N5O4. The van der Waals surface area contributed by atoms with Crippen molar-refractivity contribution in [2.45, 2.75) is 13.5 Å². The number of primary amides is 1. The molecule has 0 saturated carbocycles. The fraction of sp³-hybridized carbons (Fsp3) is 0.150. The van der Waals surface area contributed by atoms with Gasteiger partial charge in [-0.05, 0) is 30.3 Å². The number of benzene rings is 2. The number of carbonyl (C=O) groups is 2. The molecule has 2 aromatic carbocycles. The molecule has 9 nitrogen and oxygen atoms in total. The SMILES string of the molecule is CC(=O)N1Cc2c(C(N)=O)nn(-c3ccc4c(c3)OCO4)c2-c2cc(N)ccc21. The van der Waals surface area contributed by atoms with Crippen molar-refractivity contribution in [3.05, 3.63) is 47.7 Å². The van der Waals surface area contributed by atoms with Gasteiger partial charge in [0, 0.05) is 29.8 Å². The summed E-state index contributed by atoms with van der Waals surface area (Å²) in [6.07, 6.45) is 0. The molecule has 9 heteroatoms. The largest absolute Gasteiger partial charge is 0.454 e. The highest BCUT2D eigenvalue weighted by Crippen LogP contribution is 2.43. The lowest BCUT2D eigenvalue weighted by atomic mass is 9.97. The van der Waals surface area contributed by atoms with Crippen LogP contribution in [0, 0.1) is 0 Å². The topological polar surface area (TPSA) is 126 Å². The van der Waals surface area contributed by atoms with Gasteiger partial charge in [0.05, 0.1) is 23.6 Å². The predicted octanol–water partition coefficient (Wildman–Crippen LogP) is 1.82. The Balaban J connectivity index is 1.80. The Morgan fingerprint density at radius 2 is 1.90 bits per heavy atom. The highest BCUT2D eigenvalue weighted by atomic mass is 16.7. The van der Waals surface area contributed by atoms with Crippen molar-refractivity contribution in [3.63, 3.8) is 0 Å². The van der Waals surface area contributed by atoms with Crippen LogP contribution in [0.5, 0.6) is 11.5 Å². The summed E-state index contributed by atoms with van der Waals surface area (Å²) in [5.41, 5.74) is 15.6. The number of rotatable bonds is 2. The lowest BCUT2D eigenvalue weighted by molar-refractivity contribution is -0.116. The van der Waals surface area contributed by atoms with Crippen molar-refractivity contribution < 1.29 is 19.1 Å². The second-order valence-electron chi connectivity index (χ2n) is 6.87. The van der Waals surface area contributed by atoms with E-state index in [9.17, 15) is 9.59 Å². The van der Waals surface area contributed by atoms with Crippen LogP contribution in [0.2, 0.25) is 0 Å². The second-order valence-corrected chi connectivity index (χ2v) is 6.87. The fourth-order valence-electron chi connectivity index (χ4n) is 3.78. The summed E-state index contributed by atoms with van der Waals surface area (Å²) in [4.78, 5) is 26.0. The average Bonchev–Trinajstić information content (AvgIpc) is 3.31. The normalized spacial score (nSPS) is 13.8. The molecule has 0 radical (unpaired) electrons. The first-order valence-electron chi connectivity index (χ1n) is 8.94. The Morgan fingerprint density at radius 3 is 2.66 bits per heavy atom. The number of amides is 2. The zero-order chi connectivity index (χ0) is 20.3. The van der Waals surface area contributed by atoms with Crippen molar-refractivity contribution >= 4 is 23.2 Å². The fourth-order valence-corrected chi connectivity index (χ4v) is 3.78. The van der Waals surface area contributed by atoms with Crippen molar-refractivity contribution in [1.82, 2.24) is 9.78 Å². The summed E-state index contributed by atoms with van der Waals surface area (Å²) in [5.74, 6) is 0.392. The minimum atomic E-state index is -0.670. The van der Waals surface area contributed by atoms with Gasteiger partial charge in [-0.2, -0.15) is 5.10 Å². The molecule has 0 bridgehead atoms. The molecule has 3 aromatic rings. The maximum atomic E-state index is 12.3. The van der Waals surface area contributed by atoms with E-state index in [2.05, 4.69) is 5.10 Å². The summed E-state index contributed by atoms with van der Waals surface area (Å²) >= 11 is 0. The smallest absolute Gasteiger partial charge is 0.269 e. The Hall–Kier alpha value is -4.01. The number of carbonyl (C=O) groups excluding carboxylic acids is 2. The Kier molecular flexibility index (Phi) is 3.54. The van der Waals surface area contributed by atoms with E-state index in [1.54, 1.807) is 39.9 Å². The molecule has 29 heavy (non-hydrogen) atoms. The van der Waals surface area contributed by atoms with Gasteiger partial charge in [-0.15, -0.1) is 0 Å². The molecule has 146 valence electrons. The summed E-state index contributed by atoms with van der Waals surface area (Å²) in [5, 5.41) is 4.48. The Morgan fingerprint density at radius 1 is 1.10 bits per heavy atom. The number of fused-ring (bicyclic) bond motifs is 4. The second kappa shape index (κ2) is 5.99. The van der Waals surface area contributed by atoms with Crippen LogP contribution >= 0.6 is 0 Å². The number of anilines is 2. The molecule has 5 rings (SSSR count). The van der Waals surface area contributed by atoms with Crippen molar-refractivity contribution in [3.8, 4) is 28.4 Å². The van der Waals surface area contributed by atoms with E-state index in [1.165, 1.54) is 6.92 Å². The molecule has 1 aromatic heterocycles. The third-order valence-electron chi connectivity index (χ3n) is 5.08. The minimum Gasteiger partial charge on any atom is -0.454 e. The van der Waals surface area contributed by atoms with Crippen molar-refractivity contribution in [2.24, 2.45) is 5.73 Å². The van der Waals surface area contributed by atoms with Crippen LogP contribution in [-0.2, 0) is 11.3 Å². The average molecular weight is 391 g/mol. The van der Waals surface area contributed by atoms with Gasteiger partial charge in [-0.1, -0.05) is 0 Å². The summed E-state index contributed by atoms with van der Waals surface area (Å²) in [6, 6.07) is 10.7. The van der Waals surface area contributed by atoms with Gasteiger partial charge < -0.3 is 25.8 Å². The van der Waals surface area contributed by atoms with Gasteiger partial charge in [-0.25, -0.2) is 4.68 Å². The number of nitrogens with zero attached hydrogens (tertiary/aromatic N) is 3. The number of nitrogens with two attached hydrogens (primary N) is 2. The molecule has 0 unspecified atom stereocenters. The first-order valence-corrected chi connectivity index (χ1v) is 8.94. The maximum Gasteiger partial charge on any atom is 0.269 e. The van der Waals surface area contributed by atoms with Gasteiger partial charge >= 0.3 is 0 Å². The quantitative estimate of drug-likeness (QED) is 0.642. The minimum absolute atomic E-state index is 0.108. The summed E-state index contributed by atoms with van der Waals surface area (Å²) in [6.45, 7) is 1.80. The maximum absolute atomic E-state index is 12.3.